The molecule has 0 bridgehead atoms. The van der Waals surface area contributed by atoms with Gasteiger partial charge in [-0.25, -0.2) is 12.7 Å². The van der Waals surface area contributed by atoms with Gasteiger partial charge in [-0.1, -0.05) is 17.7 Å². The molecule has 1 aliphatic carbocycles. The summed E-state index contributed by atoms with van der Waals surface area (Å²) in [5.74, 6) is 0.0744. The third-order valence-electron chi connectivity index (χ3n) is 4.50. The fraction of sp³-hybridized carbons (Fsp3) is 0.450. The molecular weight excluding hydrogens is 364 g/mol. The first-order chi connectivity index (χ1) is 12.8. The minimum absolute atomic E-state index is 0.0711. The zero-order valence-corrected chi connectivity index (χ0v) is 17.0. The molecule has 0 fully saturated rings. The normalized spacial score (nSPS) is 15.0. The summed E-state index contributed by atoms with van der Waals surface area (Å²) in [6, 6.07) is 4.80. The molecule has 1 amide bonds. The summed E-state index contributed by atoms with van der Waals surface area (Å²) in [6.07, 6.45) is 10.9. The van der Waals surface area contributed by atoms with Crippen molar-refractivity contribution in [1.82, 2.24) is 9.62 Å². The number of carbonyl (C=O) groups excluding carboxylic acids is 1. The highest BCUT2D eigenvalue weighted by Crippen LogP contribution is 2.27. The van der Waals surface area contributed by atoms with Crippen LogP contribution in [0, 0.1) is 0 Å². The van der Waals surface area contributed by atoms with Crippen molar-refractivity contribution in [3.63, 3.8) is 0 Å². The number of benzene rings is 1. The number of rotatable bonds is 8. The van der Waals surface area contributed by atoms with Crippen LogP contribution in [-0.2, 0) is 14.8 Å². The summed E-state index contributed by atoms with van der Waals surface area (Å²) in [7, 11) is 0.715. The molecule has 0 spiro atoms. The van der Waals surface area contributed by atoms with Crippen molar-refractivity contribution in [1.29, 1.82) is 0 Å². The first-order valence-electron chi connectivity index (χ1n) is 9.09. The number of nitrogens with zero attached hydrogens (tertiary/aromatic N) is 1. The Morgan fingerprint density at radius 1 is 1.30 bits per heavy atom. The molecule has 148 valence electrons. The van der Waals surface area contributed by atoms with Crippen molar-refractivity contribution in [2.75, 3.05) is 27.7 Å². The lowest BCUT2D eigenvalue weighted by Crippen LogP contribution is -2.23. The Morgan fingerprint density at radius 2 is 2.07 bits per heavy atom. The molecule has 2 rings (SSSR count). The largest absolute Gasteiger partial charge is 0.495 e. The predicted molar refractivity (Wildman–Crippen MR) is 107 cm³/mol. The Kier molecular flexibility index (Phi) is 7.62. The number of hydrogen-bond donors (Lipinski definition) is 1. The molecule has 0 unspecified atom stereocenters. The van der Waals surface area contributed by atoms with Crippen molar-refractivity contribution in [2.45, 2.75) is 37.0 Å². The molecule has 1 aromatic rings. The van der Waals surface area contributed by atoms with E-state index in [1.165, 1.54) is 51.8 Å². The fourth-order valence-electron chi connectivity index (χ4n) is 2.90. The van der Waals surface area contributed by atoms with E-state index in [1.54, 1.807) is 18.2 Å². The lowest BCUT2D eigenvalue weighted by molar-refractivity contribution is -0.116. The van der Waals surface area contributed by atoms with Crippen LogP contribution in [0.15, 0.2) is 40.8 Å². The van der Waals surface area contributed by atoms with Gasteiger partial charge in [0.25, 0.3) is 0 Å². The van der Waals surface area contributed by atoms with Crippen molar-refractivity contribution in [3.05, 3.63) is 41.5 Å². The highest BCUT2D eigenvalue weighted by Gasteiger charge is 2.22. The van der Waals surface area contributed by atoms with Gasteiger partial charge in [0.05, 0.1) is 7.11 Å². The van der Waals surface area contributed by atoms with Crippen LogP contribution in [0.4, 0.5) is 0 Å². The smallest absolute Gasteiger partial charge is 0.246 e. The van der Waals surface area contributed by atoms with E-state index in [-0.39, 0.29) is 16.6 Å². The molecule has 0 radical (unpaired) electrons. The summed E-state index contributed by atoms with van der Waals surface area (Å²) in [5, 5.41) is 2.87. The second kappa shape index (κ2) is 9.71. The third kappa shape index (κ3) is 5.94. The molecule has 6 nitrogen and oxygen atoms in total. The standard InChI is InChI=1S/C20H28N2O4S/c1-22(2)27(24,25)19-15-17(9-11-18(19)26-3)10-12-20(23)21-14-13-16-7-5-4-6-8-16/h7,9-12,15H,4-6,8,13-14H2,1-3H3,(H,21,23)/b12-10+. The Balaban J connectivity index is 2.01. The van der Waals surface area contributed by atoms with Crippen LogP contribution in [0.25, 0.3) is 6.08 Å². The molecule has 1 aliphatic rings. The van der Waals surface area contributed by atoms with Gasteiger partial charge in [-0.15, -0.1) is 0 Å². The maximum absolute atomic E-state index is 12.4. The lowest BCUT2D eigenvalue weighted by Gasteiger charge is -2.15. The summed E-state index contributed by atoms with van der Waals surface area (Å²) in [4.78, 5) is 12.1. The molecule has 0 aliphatic heterocycles. The van der Waals surface area contributed by atoms with Gasteiger partial charge in [-0.2, -0.15) is 0 Å². The van der Waals surface area contributed by atoms with Crippen LogP contribution in [0.1, 0.15) is 37.7 Å². The molecule has 0 heterocycles. The molecule has 0 saturated heterocycles. The zero-order chi connectivity index (χ0) is 19.9. The van der Waals surface area contributed by atoms with E-state index in [1.807, 2.05) is 0 Å². The Bertz CT molecular complexity index is 826. The van der Waals surface area contributed by atoms with Gasteiger partial charge < -0.3 is 10.1 Å². The maximum Gasteiger partial charge on any atom is 0.246 e. The number of ether oxygens (including phenoxy) is 1. The first kappa shape index (κ1) is 21.2. The molecule has 27 heavy (non-hydrogen) atoms. The number of hydrogen-bond acceptors (Lipinski definition) is 4. The highest BCUT2D eigenvalue weighted by molar-refractivity contribution is 7.89. The molecule has 0 aromatic heterocycles. The average Bonchev–Trinajstić information content (AvgIpc) is 2.66. The van der Waals surface area contributed by atoms with Crippen LogP contribution in [0.2, 0.25) is 0 Å². The van der Waals surface area contributed by atoms with Crippen LogP contribution in [0.3, 0.4) is 0 Å². The van der Waals surface area contributed by atoms with E-state index < -0.39 is 10.0 Å². The van der Waals surface area contributed by atoms with Crippen molar-refractivity contribution in [3.8, 4) is 5.75 Å². The number of nitrogens with one attached hydrogen (secondary N) is 1. The Hall–Kier alpha value is -2.12. The lowest BCUT2D eigenvalue weighted by atomic mass is 9.97. The van der Waals surface area contributed by atoms with E-state index in [2.05, 4.69) is 11.4 Å². The third-order valence-corrected chi connectivity index (χ3v) is 6.34. The minimum Gasteiger partial charge on any atom is -0.495 e. The van der Waals surface area contributed by atoms with Gasteiger partial charge in [0.15, 0.2) is 0 Å². The predicted octanol–water partition coefficient (Wildman–Crippen LogP) is 2.97. The Labute approximate surface area is 162 Å². The maximum atomic E-state index is 12.4. The van der Waals surface area contributed by atoms with Crippen LogP contribution in [-0.4, -0.2) is 46.4 Å². The van der Waals surface area contributed by atoms with Gasteiger partial charge in [-0.05, 0) is 55.9 Å². The van der Waals surface area contributed by atoms with Gasteiger partial charge >= 0.3 is 0 Å². The monoisotopic (exact) mass is 392 g/mol. The summed E-state index contributed by atoms with van der Waals surface area (Å²) >= 11 is 0. The van der Waals surface area contributed by atoms with E-state index >= 15 is 0 Å². The number of methoxy groups -OCH3 is 1. The van der Waals surface area contributed by atoms with E-state index in [0.717, 1.165) is 23.6 Å². The van der Waals surface area contributed by atoms with Crippen LogP contribution >= 0.6 is 0 Å². The summed E-state index contributed by atoms with van der Waals surface area (Å²) in [6.45, 7) is 0.609. The number of amides is 1. The first-order valence-corrected chi connectivity index (χ1v) is 10.5. The van der Waals surface area contributed by atoms with E-state index in [4.69, 9.17) is 4.74 Å². The molecular formula is C20H28N2O4S. The van der Waals surface area contributed by atoms with Crippen molar-refractivity contribution < 1.29 is 17.9 Å². The van der Waals surface area contributed by atoms with Crippen LogP contribution < -0.4 is 10.1 Å². The summed E-state index contributed by atoms with van der Waals surface area (Å²) in [5.41, 5.74) is 2.03. The summed E-state index contributed by atoms with van der Waals surface area (Å²) < 4.78 is 31.2. The SMILES string of the molecule is COc1ccc(/C=C/C(=O)NCCC2=CCCCC2)cc1S(=O)(=O)N(C)C. The quantitative estimate of drug-likeness (QED) is 0.545. The van der Waals surface area contributed by atoms with Gasteiger partial charge in [0.1, 0.15) is 10.6 Å². The van der Waals surface area contributed by atoms with E-state index in [0.29, 0.717) is 12.1 Å². The number of allylic oxidation sites excluding steroid dienone is 1. The van der Waals surface area contributed by atoms with Crippen LogP contribution in [0.5, 0.6) is 5.75 Å². The van der Waals surface area contributed by atoms with Gasteiger partial charge in [-0.3, -0.25) is 4.79 Å². The molecule has 0 atom stereocenters. The molecule has 0 saturated carbocycles. The van der Waals surface area contributed by atoms with Gasteiger partial charge in [0.2, 0.25) is 15.9 Å². The molecule has 1 aromatic carbocycles. The van der Waals surface area contributed by atoms with Crippen molar-refractivity contribution >= 4 is 22.0 Å². The molecule has 7 heteroatoms. The Morgan fingerprint density at radius 3 is 2.70 bits per heavy atom. The van der Waals surface area contributed by atoms with E-state index in [9.17, 15) is 13.2 Å². The number of carbonyl (C=O) groups is 1. The number of sulfonamides is 1. The second-order valence-corrected chi connectivity index (χ2v) is 8.80. The average molecular weight is 393 g/mol. The minimum atomic E-state index is -3.64. The second-order valence-electron chi connectivity index (χ2n) is 6.68. The van der Waals surface area contributed by atoms with Gasteiger partial charge in [0, 0.05) is 26.7 Å². The highest BCUT2D eigenvalue weighted by atomic mass is 32.2. The zero-order valence-electron chi connectivity index (χ0n) is 16.2. The topological polar surface area (TPSA) is 75.7 Å². The van der Waals surface area contributed by atoms with Crippen molar-refractivity contribution in [2.24, 2.45) is 0 Å². The fourth-order valence-corrected chi connectivity index (χ4v) is 3.99. The molecule has 1 N–H and O–H groups in total.